The van der Waals surface area contributed by atoms with E-state index >= 15 is 0 Å². The largest absolute Gasteiger partial charge is 0.504 e. The zero-order valence-corrected chi connectivity index (χ0v) is 8.27. The SMILES string of the molecule is CC(C)C(C=O)c1ccc(O)c(O)c1. The smallest absolute Gasteiger partial charge is 0.157 e. The molecule has 3 heteroatoms. The van der Waals surface area contributed by atoms with Gasteiger partial charge < -0.3 is 15.0 Å². The first-order chi connectivity index (χ1) is 6.56. The molecule has 0 saturated carbocycles. The minimum absolute atomic E-state index is 0.165. The molecule has 0 aromatic heterocycles. The summed E-state index contributed by atoms with van der Waals surface area (Å²) in [5, 5.41) is 18.4. The summed E-state index contributed by atoms with van der Waals surface area (Å²) in [6, 6.07) is 4.46. The molecule has 0 spiro atoms. The van der Waals surface area contributed by atoms with Gasteiger partial charge in [0.2, 0.25) is 0 Å². The van der Waals surface area contributed by atoms with Crippen molar-refractivity contribution in [2.75, 3.05) is 0 Å². The number of phenolic OH excluding ortho intramolecular Hbond substituents is 2. The van der Waals surface area contributed by atoms with Gasteiger partial charge in [-0.1, -0.05) is 19.9 Å². The fourth-order valence-electron chi connectivity index (χ4n) is 1.37. The lowest BCUT2D eigenvalue weighted by molar-refractivity contribution is -0.109. The fraction of sp³-hybridized carbons (Fsp3) is 0.364. The van der Waals surface area contributed by atoms with E-state index in [1.165, 1.54) is 12.1 Å². The number of aromatic hydroxyl groups is 2. The number of rotatable bonds is 3. The molecule has 0 aliphatic heterocycles. The summed E-state index contributed by atoms with van der Waals surface area (Å²) >= 11 is 0. The van der Waals surface area contributed by atoms with E-state index < -0.39 is 0 Å². The fourth-order valence-corrected chi connectivity index (χ4v) is 1.37. The molecule has 0 heterocycles. The molecule has 0 aliphatic carbocycles. The van der Waals surface area contributed by atoms with Crippen molar-refractivity contribution in [1.82, 2.24) is 0 Å². The summed E-state index contributed by atoms with van der Waals surface area (Å²) in [4.78, 5) is 10.8. The highest BCUT2D eigenvalue weighted by Crippen LogP contribution is 2.30. The van der Waals surface area contributed by atoms with Gasteiger partial charge in [0.05, 0.1) is 0 Å². The molecule has 1 aromatic carbocycles. The van der Waals surface area contributed by atoms with Crippen molar-refractivity contribution in [2.45, 2.75) is 19.8 Å². The Hall–Kier alpha value is -1.51. The second kappa shape index (κ2) is 4.13. The highest BCUT2D eigenvalue weighted by Gasteiger charge is 2.15. The molecule has 0 amide bonds. The maximum Gasteiger partial charge on any atom is 0.157 e. The Bertz CT molecular complexity index is 331. The first-order valence-corrected chi connectivity index (χ1v) is 4.53. The lowest BCUT2D eigenvalue weighted by Crippen LogP contribution is -2.07. The predicted molar refractivity (Wildman–Crippen MR) is 53.4 cm³/mol. The van der Waals surface area contributed by atoms with E-state index in [0.717, 1.165) is 11.8 Å². The van der Waals surface area contributed by atoms with Gasteiger partial charge in [0.25, 0.3) is 0 Å². The highest BCUT2D eigenvalue weighted by molar-refractivity contribution is 5.63. The van der Waals surface area contributed by atoms with E-state index in [-0.39, 0.29) is 23.3 Å². The second-order valence-corrected chi connectivity index (χ2v) is 3.65. The van der Waals surface area contributed by atoms with Crippen molar-refractivity contribution in [3.8, 4) is 11.5 Å². The van der Waals surface area contributed by atoms with Gasteiger partial charge in [-0.25, -0.2) is 0 Å². The van der Waals surface area contributed by atoms with Crippen LogP contribution in [0.4, 0.5) is 0 Å². The molecule has 3 nitrogen and oxygen atoms in total. The average molecular weight is 194 g/mol. The number of carbonyl (C=O) groups excluding carboxylic acids is 1. The number of aldehydes is 1. The van der Waals surface area contributed by atoms with Crippen molar-refractivity contribution in [3.63, 3.8) is 0 Å². The van der Waals surface area contributed by atoms with Crippen LogP contribution < -0.4 is 0 Å². The molecule has 0 radical (unpaired) electrons. The van der Waals surface area contributed by atoms with E-state index in [9.17, 15) is 9.90 Å². The van der Waals surface area contributed by atoms with Crippen molar-refractivity contribution in [1.29, 1.82) is 0 Å². The average Bonchev–Trinajstić information content (AvgIpc) is 2.11. The monoisotopic (exact) mass is 194 g/mol. The summed E-state index contributed by atoms with van der Waals surface area (Å²) in [5.41, 5.74) is 0.727. The zero-order chi connectivity index (χ0) is 10.7. The van der Waals surface area contributed by atoms with E-state index in [1.54, 1.807) is 6.07 Å². The summed E-state index contributed by atoms with van der Waals surface area (Å²) in [6.45, 7) is 3.87. The highest BCUT2D eigenvalue weighted by atomic mass is 16.3. The number of hydrogen-bond acceptors (Lipinski definition) is 3. The predicted octanol–water partition coefficient (Wildman–Crippen LogP) is 2.04. The molecule has 1 atom stereocenters. The van der Waals surface area contributed by atoms with Crippen LogP contribution in [0.2, 0.25) is 0 Å². The van der Waals surface area contributed by atoms with Crippen molar-refractivity contribution in [3.05, 3.63) is 23.8 Å². The second-order valence-electron chi connectivity index (χ2n) is 3.65. The summed E-state index contributed by atoms with van der Waals surface area (Å²) in [7, 11) is 0. The van der Waals surface area contributed by atoms with Gasteiger partial charge in [-0.3, -0.25) is 0 Å². The van der Waals surface area contributed by atoms with Gasteiger partial charge in [-0.05, 0) is 23.6 Å². The van der Waals surface area contributed by atoms with Crippen LogP contribution in [0.1, 0.15) is 25.3 Å². The lowest BCUT2D eigenvalue weighted by Gasteiger charge is -2.14. The van der Waals surface area contributed by atoms with Crippen LogP contribution in [-0.2, 0) is 4.79 Å². The summed E-state index contributed by atoms with van der Waals surface area (Å²) in [6.07, 6.45) is 0.858. The van der Waals surface area contributed by atoms with Crippen molar-refractivity contribution < 1.29 is 15.0 Å². The van der Waals surface area contributed by atoms with Gasteiger partial charge in [0.1, 0.15) is 6.29 Å². The Morgan fingerprint density at radius 1 is 1.21 bits per heavy atom. The van der Waals surface area contributed by atoms with Gasteiger partial charge >= 0.3 is 0 Å². The van der Waals surface area contributed by atoms with Gasteiger partial charge in [0, 0.05) is 5.92 Å². The molecule has 0 fully saturated rings. The van der Waals surface area contributed by atoms with Crippen molar-refractivity contribution >= 4 is 6.29 Å². The minimum Gasteiger partial charge on any atom is -0.504 e. The molecule has 0 saturated heterocycles. The maximum atomic E-state index is 10.8. The molecule has 1 unspecified atom stereocenters. The van der Waals surface area contributed by atoms with Crippen LogP contribution in [0.5, 0.6) is 11.5 Å². The molecular weight excluding hydrogens is 180 g/mol. The van der Waals surface area contributed by atoms with E-state index in [0.29, 0.717) is 0 Å². The van der Waals surface area contributed by atoms with Crippen LogP contribution in [0.15, 0.2) is 18.2 Å². The number of carbonyl (C=O) groups is 1. The number of hydrogen-bond donors (Lipinski definition) is 2. The molecule has 1 rings (SSSR count). The van der Waals surface area contributed by atoms with Gasteiger partial charge in [-0.15, -0.1) is 0 Å². The minimum atomic E-state index is -0.235. The third kappa shape index (κ3) is 2.05. The van der Waals surface area contributed by atoms with E-state index in [2.05, 4.69) is 0 Å². The number of phenols is 2. The maximum absolute atomic E-state index is 10.8. The Kier molecular flexibility index (Phi) is 3.12. The first kappa shape index (κ1) is 10.6. The normalized spacial score (nSPS) is 12.8. The Labute approximate surface area is 83.0 Å². The lowest BCUT2D eigenvalue weighted by atomic mass is 9.90. The molecule has 0 aliphatic rings. The van der Waals surface area contributed by atoms with Gasteiger partial charge in [-0.2, -0.15) is 0 Å². The number of benzene rings is 1. The van der Waals surface area contributed by atoms with Crippen LogP contribution >= 0.6 is 0 Å². The van der Waals surface area contributed by atoms with E-state index in [4.69, 9.17) is 5.11 Å². The van der Waals surface area contributed by atoms with Crippen LogP contribution in [0.25, 0.3) is 0 Å². The molecule has 1 aromatic rings. The first-order valence-electron chi connectivity index (χ1n) is 4.53. The molecular formula is C11H14O3. The Balaban J connectivity index is 3.05. The summed E-state index contributed by atoms with van der Waals surface area (Å²) in [5.74, 6) is -0.407. The van der Waals surface area contributed by atoms with E-state index in [1.807, 2.05) is 13.8 Å². The molecule has 2 N–H and O–H groups in total. The molecule has 14 heavy (non-hydrogen) atoms. The third-order valence-electron chi connectivity index (χ3n) is 2.25. The van der Waals surface area contributed by atoms with Crippen LogP contribution in [0, 0.1) is 5.92 Å². The molecule has 0 bridgehead atoms. The summed E-state index contributed by atoms with van der Waals surface area (Å²) < 4.78 is 0. The van der Waals surface area contributed by atoms with Crippen LogP contribution in [0.3, 0.4) is 0 Å². The van der Waals surface area contributed by atoms with Crippen LogP contribution in [-0.4, -0.2) is 16.5 Å². The Morgan fingerprint density at radius 2 is 1.86 bits per heavy atom. The molecule has 76 valence electrons. The topological polar surface area (TPSA) is 57.5 Å². The Morgan fingerprint density at radius 3 is 2.29 bits per heavy atom. The quantitative estimate of drug-likeness (QED) is 0.571. The van der Waals surface area contributed by atoms with Gasteiger partial charge in [0.15, 0.2) is 11.5 Å². The van der Waals surface area contributed by atoms with Crippen molar-refractivity contribution in [2.24, 2.45) is 5.92 Å². The zero-order valence-electron chi connectivity index (χ0n) is 8.27. The standard InChI is InChI=1S/C11H14O3/c1-7(2)9(6-12)8-3-4-10(13)11(14)5-8/h3-7,9,13-14H,1-2H3. The third-order valence-corrected chi connectivity index (χ3v) is 2.25.